The van der Waals surface area contributed by atoms with E-state index in [0.29, 0.717) is 10.9 Å². The van der Waals surface area contributed by atoms with Crippen LogP contribution in [0.4, 0.5) is 15.0 Å². The molecule has 0 aliphatic heterocycles. The Labute approximate surface area is 172 Å². The number of aromatic nitrogens is 3. The molecule has 0 N–H and O–H groups in total. The van der Waals surface area contributed by atoms with Gasteiger partial charge in [-0.15, -0.1) is 0 Å². The van der Waals surface area contributed by atoms with Crippen molar-refractivity contribution in [2.75, 3.05) is 11.4 Å². The molecular weight excluding hydrogens is 397 g/mol. The number of carbonyl (C=O) groups excluding carboxylic acids is 1. The second kappa shape index (κ2) is 8.05. The minimum absolute atomic E-state index is 0.0784. The average molecular weight is 416 g/mol. The zero-order chi connectivity index (χ0) is 21.2. The molecule has 3 aromatic rings. The number of halogens is 2. The molecule has 0 unspecified atom stereocenters. The summed E-state index contributed by atoms with van der Waals surface area (Å²) in [7, 11) is 0. The fraction of sp³-hybridized carbons (Fsp3) is 0.300. The van der Waals surface area contributed by atoms with Crippen LogP contribution in [-0.2, 0) is 11.3 Å². The van der Waals surface area contributed by atoms with E-state index in [4.69, 9.17) is 16.3 Å². The smallest absolute Gasteiger partial charge is 0.416 e. The van der Waals surface area contributed by atoms with E-state index < -0.39 is 17.5 Å². The van der Waals surface area contributed by atoms with Crippen molar-refractivity contribution in [1.82, 2.24) is 14.5 Å². The summed E-state index contributed by atoms with van der Waals surface area (Å²) in [5.41, 5.74) is -0.139. The number of nitrogens with zero attached hydrogens (tertiary/aromatic N) is 5. The van der Waals surface area contributed by atoms with Crippen LogP contribution in [0.25, 0.3) is 10.9 Å². The molecule has 1 aromatic carbocycles. The molecule has 1 amide bonds. The maximum atomic E-state index is 14.4. The van der Waals surface area contributed by atoms with Crippen molar-refractivity contribution in [3.63, 3.8) is 0 Å². The number of benzene rings is 1. The van der Waals surface area contributed by atoms with Crippen molar-refractivity contribution in [2.24, 2.45) is 0 Å². The van der Waals surface area contributed by atoms with Crippen LogP contribution in [0.15, 0.2) is 36.7 Å². The highest BCUT2D eigenvalue weighted by Gasteiger charge is 2.25. The van der Waals surface area contributed by atoms with E-state index in [0.717, 1.165) is 0 Å². The van der Waals surface area contributed by atoms with Crippen molar-refractivity contribution >= 4 is 34.4 Å². The summed E-state index contributed by atoms with van der Waals surface area (Å²) in [6.45, 7) is 5.47. The predicted molar refractivity (Wildman–Crippen MR) is 107 cm³/mol. The van der Waals surface area contributed by atoms with Gasteiger partial charge in [0, 0.05) is 24.5 Å². The van der Waals surface area contributed by atoms with Gasteiger partial charge in [0.15, 0.2) is 0 Å². The molecule has 0 aliphatic carbocycles. The van der Waals surface area contributed by atoms with Gasteiger partial charge in [0.25, 0.3) is 0 Å². The Morgan fingerprint density at radius 3 is 2.76 bits per heavy atom. The van der Waals surface area contributed by atoms with Crippen molar-refractivity contribution in [3.05, 3.63) is 53.3 Å². The Balaban J connectivity index is 1.96. The second-order valence-electron chi connectivity index (χ2n) is 7.30. The van der Waals surface area contributed by atoms with Crippen LogP contribution in [0.1, 0.15) is 26.5 Å². The van der Waals surface area contributed by atoms with Crippen molar-refractivity contribution in [3.8, 4) is 6.07 Å². The van der Waals surface area contributed by atoms with Gasteiger partial charge in [0.2, 0.25) is 0 Å². The number of anilines is 1. The van der Waals surface area contributed by atoms with Gasteiger partial charge in [-0.05, 0) is 32.9 Å². The van der Waals surface area contributed by atoms with Crippen molar-refractivity contribution < 1.29 is 13.9 Å². The molecule has 2 aromatic heterocycles. The monoisotopic (exact) mass is 415 g/mol. The summed E-state index contributed by atoms with van der Waals surface area (Å²) >= 11 is 5.95. The standard InChI is InChI=1S/C20H19ClFN5O2/c1-20(2,3)29-19(28)27(17-10-16(21)24-12-25-17)8-7-26-14(11-23)9-13-5-4-6-15(22)18(13)26/h4-6,9-10,12H,7-8H2,1-3H3. The minimum Gasteiger partial charge on any atom is -0.443 e. The van der Waals surface area contributed by atoms with Gasteiger partial charge in [-0.1, -0.05) is 23.7 Å². The van der Waals surface area contributed by atoms with Crippen LogP contribution < -0.4 is 4.90 Å². The lowest BCUT2D eigenvalue weighted by atomic mass is 10.2. The summed E-state index contributed by atoms with van der Waals surface area (Å²) in [4.78, 5) is 22.0. The van der Waals surface area contributed by atoms with E-state index in [9.17, 15) is 14.4 Å². The number of para-hydroxylation sites is 1. The molecule has 0 radical (unpaired) electrons. The molecular formula is C20H19ClFN5O2. The summed E-state index contributed by atoms with van der Waals surface area (Å²) in [5.74, 6) is -0.201. The number of hydrogen-bond donors (Lipinski definition) is 0. The fourth-order valence-electron chi connectivity index (χ4n) is 2.89. The Bertz CT molecular complexity index is 1100. The quantitative estimate of drug-likeness (QED) is 0.584. The molecule has 9 heteroatoms. The highest BCUT2D eigenvalue weighted by atomic mass is 35.5. The third kappa shape index (κ3) is 4.63. The van der Waals surface area contributed by atoms with E-state index >= 15 is 0 Å². The molecule has 29 heavy (non-hydrogen) atoms. The van der Waals surface area contributed by atoms with Crippen LogP contribution in [0, 0.1) is 17.1 Å². The number of nitriles is 1. The molecule has 0 saturated carbocycles. The van der Waals surface area contributed by atoms with E-state index in [1.807, 2.05) is 0 Å². The van der Waals surface area contributed by atoms with Gasteiger partial charge in [-0.25, -0.2) is 19.2 Å². The molecule has 0 aliphatic rings. The van der Waals surface area contributed by atoms with Gasteiger partial charge >= 0.3 is 6.09 Å². The third-order valence-corrected chi connectivity index (χ3v) is 4.25. The van der Waals surface area contributed by atoms with Crippen LogP contribution in [0.3, 0.4) is 0 Å². The Kier molecular flexibility index (Phi) is 5.71. The topological polar surface area (TPSA) is 84.0 Å². The highest BCUT2D eigenvalue weighted by molar-refractivity contribution is 6.29. The highest BCUT2D eigenvalue weighted by Crippen LogP contribution is 2.24. The Morgan fingerprint density at radius 2 is 2.10 bits per heavy atom. The molecule has 7 nitrogen and oxygen atoms in total. The normalized spacial score (nSPS) is 11.3. The first-order valence-corrected chi connectivity index (χ1v) is 9.23. The van der Waals surface area contributed by atoms with Gasteiger partial charge in [0.1, 0.15) is 40.5 Å². The number of fused-ring (bicyclic) bond motifs is 1. The summed E-state index contributed by atoms with van der Waals surface area (Å²) in [5, 5.41) is 10.2. The lowest BCUT2D eigenvalue weighted by Crippen LogP contribution is -2.39. The van der Waals surface area contributed by atoms with Crippen LogP contribution in [0.2, 0.25) is 5.15 Å². The Morgan fingerprint density at radius 1 is 1.34 bits per heavy atom. The molecule has 0 bridgehead atoms. The third-order valence-electron chi connectivity index (χ3n) is 4.04. The zero-order valence-corrected chi connectivity index (χ0v) is 16.9. The number of rotatable bonds is 4. The first kappa shape index (κ1) is 20.6. The first-order valence-electron chi connectivity index (χ1n) is 8.85. The van der Waals surface area contributed by atoms with Crippen LogP contribution >= 0.6 is 11.6 Å². The number of amides is 1. The summed E-state index contributed by atoms with van der Waals surface area (Å²) < 4.78 is 21.4. The number of ether oxygens (including phenoxy) is 1. The Hall–Kier alpha value is -3.18. The van der Waals surface area contributed by atoms with Crippen molar-refractivity contribution in [2.45, 2.75) is 32.9 Å². The molecule has 0 fully saturated rings. The number of carbonyl (C=O) groups is 1. The van der Waals surface area contributed by atoms with Gasteiger partial charge in [0.05, 0.1) is 5.52 Å². The largest absolute Gasteiger partial charge is 0.443 e. The summed E-state index contributed by atoms with van der Waals surface area (Å²) in [6, 6.07) is 9.75. The van der Waals surface area contributed by atoms with E-state index in [1.165, 1.54) is 27.9 Å². The SMILES string of the molecule is CC(C)(C)OC(=O)N(CCn1c(C#N)cc2cccc(F)c21)c1cc(Cl)ncn1. The predicted octanol–water partition coefficient (Wildman–Crippen LogP) is 4.54. The van der Waals surface area contributed by atoms with E-state index in [2.05, 4.69) is 16.0 Å². The maximum absolute atomic E-state index is 14.4. The molecule has 3 rings (SSSR count). The maximum Gasteiger partial charge on any atom is 0.416 e. The molecule has 0 saturated heterocycles. The average Bonchev–Trinajstić information content (AvgIpc) is 2.99. The first-order chi connectivity index (χ1) is 13.7. The molecule has 0 spiro atoms. The lowest BCUT2D eigenvalue weighted by molar-refractivity contribution is 0.0578. The second-order valence-corrected chi connectivity index (χ2v) is 7.69. The number of hydrogen-bond acceptors (Lipinski definition) is 5. The van der Waals surface area contributed by atoms with Crippen molar-refractivity contribution in [1.29, 1.82) is 5.26 Å². The minimum atomic E-state index is -0.726. The van der Waals surface area contributed by atoms with E-state index in [-0.39, 0.29) is 29.8 Å². The van der Waals surface area contributed by atoms with Gasteiger partial charge < -0.3 is 9.30 Å². The van der Waals surface area contributed by atoms with Crippen LogP contribution in [-0.4, -0.2) is 32.8 Å². The lowest BCUT2D eigenvalue weighted by Gasteiger charge is -2.27. The molecule has 2 heterocycles. The molecule has 150 valence electrons. The van der Waals surface area contributed by atoms with Gasteiger partial charge in [-0.2, -0.15) is 5.26 Å². The fourth-order valence-corrected chi connectivity index (χ4v) is 3.03. The molecule has 0 atom stereocenters. The van der Waals surface area contributed by atoms with Crippen LogP contribution in [0.5, 0.6) is 0 Å². The summed E-state index contributed by atoms with van der Waals surface area (Å²) in [6.07, 6.45) is 0.600. The zero-order valence-electron chi connectivity index (χ0n) is 16.2. The van der Waals surface area contributed by atoms with E-state index in [1.54, 1.807) is 39.0 Å². The van der Waals surface area contributed by atoms with Gasteiger partial charge in [-0.3, -0.25) is 4.90 Å².